The number of thiophene rings is 1. The van der Waals surface area contributed by atoms with Crippen molar-refractivity contribution in [2.45, 2.75) is 17.5 Å². The van der Waals surface area contributed by atoms with Gasteiger partial charge in [0.05, 0.1) is 16.9 Å². The summed E-state index contributed by atoms with van der Waals surface area (Å²) in [6.45, 7) is 0.169. The first-order valence-electron chi connectivity index (χ1n) is 8.69. The molecule has 0 saturated carbocycles. The summed E-state index contributed by atoms with van der Waals surface area (Å²) >= 11 is 1.34. The second-order valence-electron chi connectivity index (χ2n) is 6.39. The number of anilines is 1. The Morgan fingerprint density at radius 1 is 1.07 bits per heavy atom. The smallest absolute Gasteiger partial charge is 0.416 e. The maximum atomic E-state index is 12.6. The van der Waals surface area contributed by atoms with Crippen molar-refractivity contribution in [3.8, 4) is 0 Å². The summed E-state index contributed by atoms with van der Waals surface area (Å²) in [5.74, 6) is -1.00. The number of fused-ring (bicyclic) bond motifs is 1. The Kier molecular flexibility index (Phi) is 6.34. The summed E-state index contributed by atoms with van der Waals surface area (Å²) in [5.41, 5.74) is 0.212. The summed E-state index contributed by atoms with van der Waals surface area (Å²) < 4.78 is 65.9. The van der Waals surface area contributed by atoms with Crippen LogP contribution in [0.4, 0.5) is 18.9 Å². The normalized spacial score (nSPS) is 12.2. The van der Waals surface area contributed by atoms with Crippen LogP contribution in [0.1, 0.15) is 11.1 Å². The second-order valence-corrected chi connectivity index (χ2v) is 9.07. The van der Waals surface area contributed by atoms with Gasteiger partial charge in [-0.3, -0.25) is 4.79 Å². The summed E-state index contributed by atoms with van der Waals surface area (Å²) in [6, 6.07) is 8.93. The van der Waals surface area contributed by atoms with E-state index >= 15 is 0 Å². The Labute approximate surface area is 174 Å². The molecule has 0 aliphatic carbocycles. The number of carboxylic acids is 1. The zero-order valence-corrected chi connectivity index (χ0v) is 17.0. The predicted molar refractivity (Wildman–Crippen MR) is 108 cm³/mol. The molecule has 0 saturated heterocycles. The molecule has 1 heterocycles. The number of sulfonamides is 1. The minimum absolute atomic E-state index is 0.00696. The van der Waals surface area contributed by atoms with Gasteiger partial charge in [-0.15, -0.1) is 11.3 Å². The van der Waals surface area contributed by atoms with E-state index in [1.165, 1.54) is 35.6 Å². The van der Waals surface area contributed by atoms with Crippen LogP contribution >= 0.6 is 11.3 Å². The van der Waals surface area contributed by atoms with Crippen LogP contribution in [0.15, 0.2) is 52.7 Å². The van der Waals surface area contributed by atoms with E-state index in [0.717, 1.165) is 16.8 Å². The van der Waals surface area contributed by atoms with Gasteiger partial charge in [0.2, 0.25) is 10.0 Å². The lowest BCUT2D eigenvalue weighted by Gasteiger charge is -2.11. The van der Waals surface area contributed by atoms with Gasteiger partial charge in [-0.25, -0.2) is 13.1 Å². The molecule has 30 heavy (non-hydrogen) atoms. The van der Waals surface area contributed by atoms with Crippen molar-refractivity contribution in [1.82, 2.24) is 4.72 Å². The van der Waals surface area contributed by atoms with Gasteiger partial charge in [0.25, 0.3) is 0 Å². The number of benzene rings is 2. The highest BCUT2D eigenvalue weighted by Crippen LogP contribution is 2.30. The maximum absolute atomic E-state index is 12.6. The summed E-state index contributed by atoms with van der Waals surface area (Å²) in [6.07, 6.45) is -4.62. The number of hydrogen-bond acceptors (Lipinski definition) is 5. The van der Waals surface area contributed by atoms with E-state index in [2.05, 4.69) is 10.0 Å². The molecule has 1 aromatic heterocycles. The van der Waals surface area contributed by atoms with Crippen molar-refractivity contribution < 1.29 is 31.5 Å². The van der Waals surface area contributed by atoms with Crippen molar-refractivity contribution in [2.24, 2.45) is 0 Å². The van der Waals surface area contributed by atoms with Crippen LogP contribution in [-0.2, 0) is 27.4 Å². The molecule has 0 atom stereocenters. The molecule has 11 heteroatoms. The molecule has 3 rings (SSSR count). The van der Waals surface area contributed by atoms with E-state index < -0.39 is 27.7 Å². The zero-order chi connectivity index (χ0) is 21.9. The number of halogens is 3. The van der Waals surface area contributed by atoms with E-state index in [4.69, 9.17) is 5.11 Å². The van der Waals surface area contributed by atoms with Gasteiger partial charge in [-0.1, -0.05) is 0 Å². The van der Waals surface area contributed by atoms with Crippen LogP contribution in [0, 0.1) is 0 Å². The van der Waals surface area contributed by atoms with Crippen molar-refractivity contribution in [3.63, 3.8) is 0 Å². The summed E-state index contributed by atoms with van der Waals surface area (Å²) in [4.78, 5) is 11.0. The Bertz CT molecular complexity index is 1160. The first-order chi connectivity index (χ1) is 14.1. The van der Waals surface area contributed by atoms with Crippen LogP contribution in [-0.4, -0.2) is 32.6 Å². The molecule has 0 unspecified atom stereocenters. The van der Waals surface area contributed by atoms with Crippen LogP contribution in [0.25, 0.3) is 10.1 Å². The van der Waals surface area contributed by atoms with E-state index in [1.807, 2.05) is 0 Å². The van der Waals surface area contributed by atoms with Gasteiger partial charge in [0.15, 0.2) is 0 Å². The molecule has 0 aliphatic rings. The summed E-state index contributed by atoms with van der Waals surface area (Å²) in [5, 5.41) is 14.1. The average molecular weight is 458 g/mol. The fourth-order valence-corrected chi connectivity index (χ4v) is 4.78. The number of aliphatic carboxylic acids is 1. The predicted octanol–water partition coefficient (Wildman–Crippen LogP) is 3.94. The number of carboxylic acid groups (broad SMARTS) is 1. The number of alkyl halides is 3. The van der Waals surface area contributed by atoms with E-state index in [9.17, 15) is 26.4 Å². The van der Waals surface area contributed by atoms with Crippen LogP contribution in [0.2, 0.25) is 0 Å². The molecule has 160 valence electrons. The Hall–Kier alpha value is -2.63. The zero-order valence-electron chi connectivity index (χ0n) is 15.4. The van der Waals surface area contributed by atoms with Crippen LogP contribution in [0.5, 0.6) is 0 Å². The van der Waals surface area contributed by atoms with E-state index in [1.54, 1.807) is 11.4 Å². The Balaban J connectivity index is 1.62. The van der Waals surface area contributed by atoms with Gasteiger partial charge in [-0.05, 0) is 58.8 Å². The van der Waals surface area contributed by atoms with Crippen molar-refractivity contribution >= 4 is 43.1 Å². The fourth-order valence-electron chi connectivity index (χ4n) is 2.78. The molecule has 0 aliphatic heterocycles. The number of rotatable bonds is 8. The third kappa shape index (κ3) is 5.29. The lowest BCUT2D eigenvalue weighted by molar-refractivity contribution is -0.138. The van der Waals surface area contributed by atoms with E-state index in [0.29, 0.717) is 16.6 Å². The van der Waals surface area contributed by atoms with Crippen LogP contribution < -0.4 is 10.0 Å². The molecule has 0 radical (unpaired) electrons. The molecule has 0 amide bonds. The number of hydrogen-bond donors (Lipinski definition) is 3. The third-order valence-electron chi connectivity index (χ3n) is 4.24. The molecule has 6 nitrogen and oxygen atoms in total. The highest BCUT2D eigenvalue weighted by molar-refractivity contribution is 7.89. The fraction of sp³-hybridized carbons (Fsp3) is 0.211. The lowest BCUT2D eigenvalue weighted by atomic mass is 10.1. The minimum Gasteiger partial charge on any atom is -0.481 e. The van der Waals surface area contributed by atoms with Gasteiger partial charge < -0.3 is 10.4 Å². The molecule has 3 aromatic rings. The Morgan fingerprint density at radius 2 is 1.77 bits per heavy atom. The molecule has 2 aromatic carbocycles. The quantitative estimate of drug-likeness (QED) is 0.445. The SMILES string of the molecule is O=C(O)Cc1csc2ccc(S(=O)(=O)NCCNc3ccc(C(F)(F)F)cc3)cc12. The van der Waals surface area contributed by atoms with E-state index in [-0.39, 0.29) is 24.4 Å². The Morgan fingerprint density at radius 3 is 2.40 bits per heavy atom. The standard InChI is InChI=1S/C19H17F3N2O4S2/c20-19(21,22)13-1-3-14(4-2-13)23-7-8-24-30(27,28)15-5-6-17-16(10-15)12(11-29-17)9-18(25)26/h1-6,10-11,23-24H,7-9H2,(H,25,26). The molecule has 3 N–H and O–H groups in total. The largest absolute Gasteiger partial charge is 0.481 e. The van der Waals surface area contributed by atoms with Crippen molar-refractivity contribution in [1.29, 1.82) is 0 Å². The number of nitrogens with one attached hydrogen (secondary N) is 2. The van der Waals surface area contributed by atoms with Gasteiger partial charge in [0.1, 0.15) is 0 Å². The van der Waals surface area contributed by atoms with Crippen molar-refractivity contribution in [2.75, 3.05) is 18.4 Å². The van der Waals surface area contributed by atoms with Gasteiger partial charge >= 0.3 is 12.1 Å². The third-order valence-corrected chi connectivity index (χ3v) is 6.71. The highest BCUT2D eigenvalue weighted by Gasteiger charge is 2.29. The first kappa shape index (κ1) is 22.1. The monoisotopic (exact) mass is 458 g/mol. The maximum Gasteiger partial charge on any atom is 0.416 e. The minimum atomic E-state index is -4.41. The van der Waals surface area contributed by atoms with Gasteiger partial charge in [0, 0.05) is 23.5 Å². The first-order valence-corrected chi connectivity index (χ1v) is 11.1. The van der Waals surface area contributed by atoms with Gasteiger partial charge in [-0.2, -0.15) is 13.2 Å². The molecule has 0 bridgehead atoms. The lowest BCUT2D eigenvalue weighted by Crippen LogP contribution is -2.28. The molecule has 0 spiro atoms. The number of carbonyl (C=O) groups is 1. The van der Waals surface area contributed by atoms with Crippen molar-refractivity contribution in [3.05, 3.63) is 59.0 Å². The molecular formula is C19H17F3N2O4S2. The topological polar surface area (TPSA) is 95.5 Å². The van der Waals surface area contributed by atoms with Crippen LogP contribution in [0.3, 0.4) is 0 Å². The second kappa shape index (κ2) is 8.62. The molecule has 0 fully saturated rings. The summed E-state index contributed by atoms with van der Waals surface area (Å²) in [7, 11) is -3.84. The molecular weight excluding hydrogens is 441 g/mol. The highest BCUT2D eigenvalue weighted by atomic mass is 32.2. The average Bonchev–Trinajstić information content (AvgIpc) is 3.06.